The van der Waals surface area contributed by atoms with Crippen molar-refractivity contribution in [3.05, 3.63) is 24.2 Å². The maximum atomic E-state index is 5.66. The SMILES string of the molecule is CC1SCC(C(NN)c2ccoc2)SC1C. The van der Waals surface area contributed by atoms with Crippen molar-refractivity contribution in [3.63, 3.8) is 0 Å². The lowest BCUT2D eigenvalue weighted by atomic mass is 10.1. The van der Waals surface area contributed by atoms with Crippen LogP contribution in [0, 0.1) is 0 Å². The van der Waals surface area contributed by atoms with E-state index < -0.39 is 0 Å². The molecule has 1 saturated heterocycles. The number of hydrogen-bond donors (Lipinski definition) is 2. The molecule has 0 amide bonds. The van der Waals surface area contributed by atoms with Gasteiger partial charge in [0.25, 0.3) is 0 Å². The second-order valence-electron chi connectivity index (χ2n) is 4.12. The molecule has 2 rings (SSSR count). The fraction of sp³-hybridized carbons (Fsp3) is 0.636. The van der Waals surface area contributed by atoms with E-state index in [0.29, 0.717) is 10.5 Å². The number of thioether (sulfide) groups is 2. The monoisotopic (exact) mass is 258 g/mol. The first-order chi connectivity index (χ1) is 7.72. The number of nitrogens with one attached hydrogen (secondary N) is 1. The van der Waals surface area contributed by atoms with Crippen molar-refractivity contribution in [3.8, 4) is 0 Å². The van der Waals surface area contributed by atoms with E-state index in [4.69, 9.17) is 10.3 Å². The molecule has 2 heterocycles. The van der Waals surface area contributed by atoms with Crippen molar-refractivity contribution in [2.45, 2.75) is 35.6 Å². The average Bonchev–Trinajstić information content (AvgIpc) is 2.78. The summed E-state index contributed by atoms with van der Waals surface area (Å²) in [7, 11) is 0. The van der Waals surface area contributed by atoms with Crippen LogP contribution in [0.15, 0.2) is 23.0 Å². The highest BCUT2D eigenvalue weighted by molar-refractivity contribution is 8.07. The van der Waals surface area contributed by atoms with Gasteiger partial charge in [-0.1, -0.05) is 13.8 Å². The van der Waals surface area contributed by atoms with Crippen LogP contribution in [0.1, 0.15) is 25.5 Å². The zero-order valence-electron chi connectivity index (χ0n) is 9.55. The smallest absolute Gasteiger partial charge is 0.0951 e. The van der Waals surface area contributed by atoms with Gasteiger partial charge in [0.2, 0.25) is 0 Å². The molecule has 16 heavy (non-hydrogen) atoms. The first-order valence-corrected chi connectivity index (χ1v) is 7.47. The predicted octanol–water partition coefficient (Wildman–Crippen LogP) is 2.41. The Morgan fingerprint density at radius 3 is 2.88 bits per heavy atom. The summed E-state index contributed by atoms with van der Waals surface area (Å²) in [6.45, 7) is 4.58. The molecule has 4 atom stereocenters. The van der Waals surface area contributed by atoms with Crippen LogP contribution in [-0.4, -0.2) is 21.5 Å². The van der Waals surface area contributed by atoms with Crippen molar-refractivity contribution in [2.75, 3.05) is 5.75 Å². The molecule has 1 fully saturated rings. The minimum Gasteiger partial charge on any atom is -0.472 e. The van der Waals surface area contributed by atoms with Crippen LogP contribution in [0.5, 0.6) is 0 Å². The van der Waals surface area contributed by atoms with E-state index in [9.17, 15) is 0 Å². The predicted molar refractivity (Wildman–Crippen MR) is 71.5 cm³/mol. The van der Waals surface area contributed by atoms with Crippen LogP contribution >= 0.6 is 23.5 Å². The highest BCUT2D eigenvalue weighted by atomic mass is 32.2. The molecule has 0 aromatic carbocycles. The molecule has 0 radical (unpaired) electrons. The molecule has 1 aliphatic heterocycles. The molecular weight excluding hydrogens is 240 g/mol. The van der Waals surface area contributed by atoms with Gasteiger partial charge in [0.15, 0.2) is 0 Å². The van der Waals surface area contributed by atoms with Crippen molar-refractivity contribution in [2.24, 2.45) is 5.84 Å². The first kappa shape index (κ1) is 12.4. The molecule has 3 nitrogen and oxygen atoms in total. The van der Waals surface area contributed by atoms with Crippen molar-refractivity contribution >= 4 is 23.5 Å². The van der Waals surface area contributed by atoms with Gasteiger partial charge in [0, 0.05) is 27.1 Å². The molecule has 5 heteroatoms. The highest BCUT2D eigenvalue weighted by Crippen LogP contribution is 2.40. The lowest BCUT2D eigenvalue weighted by Crippen LogP contribution is -2.40. The molecule has 1 aromatic heterocycles. The molecule has 0 aliphatic carbocycles. The third kappa shape index (κ3) is 2.59. The Bertz CT molecular complexity index is 318. The molecule has 0 saturated carbocycles. The van der Waals surface area contributed by atoms with Crippen LogP contribution < -0.4 is 11.3 Å². The summed E-state index contributed by atoms with van der Waals surface area (Å²) in [6, 6.07) is 2.17. The fourth-order valence-electron chi connectivity index (χ4n) is 1.85. The van der Waals surface area contributed by atoms with Crippen molar-refractivity contribution in [1.82, 2.24) is 5.43 Å². The van der Waals surface area contributed by atoms with Crippen LogP contribution in [0.2, 0.25) is 0 Å². The minimum absolute atomic E-state index is 0.186. The number of nitrogens with two attached hydrogens (primary N) is 1. The van der Waals surface area contributed by atoms with Crippen LogP contribution in [0.3, 0.4) is 0 Å². The van der Waals surface area contributed by atoms with E-state index in [0.717, 1.165) is 16.6 Å². The standard InChI is InChI=1S/C11H18N2OS2/c1-7-8(2)16-10(6-15-7)11(13-12)9-3-4-14-5-9/h3-5,7-8,10-11,13H,6,12H2,1-2H3. The normalized spacial score (nSPS) is 32.6. The average molecular weight is 258 g/mol. The molecule has 0 spiro atoms. The highest BCUT2D eigenvalue weighted by Gasteiger charge is 2.31. The van der Waals surface area contributed by atoms with E-state index >= 15 is 0 Å². The van der Waals surface area contributed by atoms with E-state index in [1.165, 1.54) is 0 Å². The Hall–Kier alpha value is -0.100. The second-order valence-corrected chi connectivity index (χ2v) is 7.15. The molecule has 3 N–H and O–H groups in total. The second kappa shape index (κ2) is 5.49. The van der Waals surface area contributed by atoms with Crippen molar-refractivity contribution < 1.29 is 4.42 Å². The Morgan fingerprint density at radius 1 is 1.50 bits per heavy atom. The van der Waals surface area contributed by atoms with Gasteiger partial charge in [-0.15, -0.1) is 0 Å². The molecule has 4 unspecified atom stereocenters. The number of rotatable bonds is 3. The zero-order valence-corrected chi connectivity index (χ0v) is 11.2. The number of hydrogen-bond acceptors (Lipinski definition) is 5. The molecular formula is C11H18N2OS2. The quantitative estimate of drug-likeness (QED) is 0.644. The van der Waals surface area contributed by atoms with Gasteiger partial charge in [0.05, 0.1) is 18.6 Å². The number of furan rings is 1. The van der Waals surface area contributed by atoms with Crippen LogP contribution in [0.4, 0.5) is 0 Å². The Balaban J connectivity index is 2.05. The fourth-order valence-corrected chi connectivity index (χ4v) is 4.95. The molecule has 0 bridgehead atoms. The van der Waals surface area contributed by atoms with Gasteiger partial charge in [-0.25, -0.2) is 0 Å². The first-order valence-electron chi connectivity index (χ1n) is 5.47. The lowest BCUT2D eigenvalue weighted by molar-refractivity contribution is 0.524. The third-order valence-corrected chi connectivity index (χ3v) is 6.52. The van der Waals surface area contributed by atoms with E-state index in [1.807, 2.05) is 29.6 Å². The Morgan fingerprint density at radius 2 is 2.31 bits per heavy atom. The maximum Gasteiger partial charge on any atom is 0.0951 e. The van der Waals surface area contributed by atoms with E-state index in [-0.39, 0.29) is 6.04 Å². The maximum absolute atomic E-state index is 5.66. The van der Waals surface area contributed by atoms with Crippen LogP contribution in [0.25, 0.3) is 0 Å². The number of hydrazine groups is 1. The summed E-state index contributed by atoms with van der Waals surface area (Å²) in [4.78, 5) is 0. The lowest BCUT2D eigenvalue weighted by Gasteiger charge is -2.35. The van der Waals surface area contributed by atoms with Gasteiger partial charge < -0.3 is 4.42 Å². The van der Waals surface area contributed by atoms with Crippen LogP contribution in [-0.2, 0) is 0 Å². The molecule has 1 aromatic rings. The summed E-state index contributed by atoms with van der Waals surface area (Å²) >= 11 is 4.05. The summed E-state index contributed by atoms with van der Waals surface area (Å²) in [5.41, 5.74) is 4.06. The van der Waals surface area contributed by atoms with Gasteiger partial charge in [-0.2, -0.15) is 23.5 Å². The van der Waals surface area contributed by atoms with E-state index in [2.05, 4.69) is 19.3 Å². The Labute approximate surface area is 105 Å². The summed E-state index contributed by atoms with van der Waals surface area (Å²) in [6.07, 6.45) is 3.48. The zero-order chi connectivity index (χ0) is 11.5. The third-order valence-electron chi connectivity index (χ3n) is 3.03. The summed E-state index contributed by atoms with van der Waals surface area (Å²) in [5, 5.41) is 1.91. The van der Waals surface area contributed by atoms with Gasteiger partial charge >= 0.3 is 0 Å². The van der Waals surface area contributed by atoms with Crippen molar-refractivity contribution in [1.29, 1.82) is 0 Å². The summed E-state index contributed by atoms with van der Waals surface area (Å²) < 4.78 is 5.12. The molecule has 90 valence electrons. The largest absolute Gasteiger partial charge is 0.472 e. The van der Waals surface area contributed by atoms with E-state index in [1.54, 1.807) is 12.5 Å². The summed E-state index contributed by atoms with van der Waals surface area (Å²) in [5.74, 6) is 6.80. The van der Waals surface area contributed by atoms with Gasteiger partial charge in [0.1, 0.15) is 0 Å². The minimum atomic E-state index is 0.186. The Kier molecular flexibility index (Phi) is 4.24. The topological polar surface area (TPSA) is 51.2 Å². The van der Waals surface area contributed by atoms with Gasteiger partial charge in [-0.3, -0.25) is 11.3 Å². The van der Waals surface area contributed by atoms with Gasteiger partial charge in [-0.05, 0) is 6.07 Å². The molecule has 1 aliphatic rings.